The van der Waals surface area contributed by atoms with Crippen LogP contribution in [0.2, 0.25) is 0 Å². The molecule has 0 spiro atoms. The van der Waals surface area contributed by atoms with Crippen LogP contribution in [0.4, 0.5) is 19.0 Å². The van der Waals surface area contributed by atoms with Crippen molar-refractivity contribution in [1.29, 1.82) is 0 Å². The Morgan fingerprint density at radius 2 is 1.84 bits per heavy atom. The summed E-state index contributed by atoms with van der Waals surface area (Å²) in [5.74, 6) is -0.917. The van der Waals surface area contributed by atoms with E-state index in [2.05, 4.69) is 25.2 Å². The molecule has 25 heavy (non-hydrogen) atoms. The predicted molar refractivity (Wildman–Crippen MR) is 87.3 cm³/mol. The predicted octanol–water partition coefficient (Wildman–Crippen LogP) is 2.91. The number of alkyl halides is 3. The highest BCUT2D eigenvalue weighted by Gasteiger charge is 2.37. The van der Waals surface area contributed by atoms with Gasteiger partial charge in [0.1, 0.15) is 5.52 Å². The van der Waals surface area contributed by atoms with Gasteiger partial charge in [-0.2, -0.15) is 13.2 Å². The first-order chi connectivity index (χ1) is 12.0. The number of aromatic nitrogens is 4. The van der Waals surface area contributed by atoms with Crippen molar-refractivity contribution in [3.05, 3.63) is 12.2 Å². The normalized spacial score (nSPS) is 19.5. The van der Waals surface area contributed by atoms with Crippen LogP contribution >= 0.6 is 0 Å². The standard InChI is InChI=1S/C16H21F3N6/c17-16(18,19)15-22-13(21-11-4-5-11)12-14(23-15)25(10-20-12)9-8-24-6-2-1-3-7-24/h10-11H,1-9H2,(H,21,22,23). The molecule has 2 aromatic heterocycles. The van der Waals surface area contributed by atoms with E-state index in [4.69, 9.17) is 0 Å². The summed E-state index contributed by atoms with van der Waals surface area (Å²) in [6, 6.07) is 0.192. The lowest BCUT2D eigenvalue weighted by Gasteiger charge is -2.26. The van der Waals surface area contributed by atoms with Crippen LogP contribution < -0.4 is 5.32 Å². The summed E-state index contributed by atoms with van der Waals surface area (Å²) >= 11 is 0. The molecular weight excluding hydrogens is 333 g/mol. The molecule has 0 bridgehead atoms. The molecular formula is C16H21F3N6. The van der Waals surface area contributed by atoms with Gasteiger partial charge in [-0.05, 0) is 38.8 Å². The molecule has 9 heteroatoms. The number of halogens is 3. The van der Waals surface area contributed by atoms with Gasteiger partial charge in [0.2, 0.25) is 5.82 Å². The highest BCUT2D eigenvalue weighted by atomic mass is 19.4. The molecule has 0 atom stereocenters. The Morgan fingerprint density at radius 1 is 1.08 bits per heavy atom. The number of likely N-dealkylation sites (tertiary alicyclic amines) is 1. The third-order valence-corrected chi connectivity index (χ3v) is 4.74. The zero-order valence-corrected chi connectivity index (χ0v) is 13.9. The molecule has 1 N–H and O–H groups in total. The SMILES string of the molecule is FC(F)(F)c1nc(NC2CC2)c2ncn(CCN3CCCCC3)c2n1. The van der Waals surface area contributed by atoms with Gasteiger partial charge >= 0.3 is 6.18 Å². The maximum atomic E-state index is 13.2. The molecule has 1 aliphatic carbocycles. The van der Waals surface area contributed by atoms with Crippen LogP contribution in [0.15, 0.2) is 6.33 Å². The lowest BCUT2D eigenvalue weighted by Crippen LogP contribution is -2.32. The fourth-order valence-corrected chi connectivity index (χ4v) is 3.19. The number of imidazole rings is 1. The van der Waals surface area contributed by atoms with E-state index < -0.39 is 12.0 Å². The fraction of sp³-hybridized carbons (Fsp3) is 0.688. The topological polar surface area (TPSA) is 58.9 Å². The minimum atomic E-state index is -4.57. The minimum Gasteiger partial charge on any atom is -0.365 e. The van der Waals surface area contributed by atoms with Crippen molar-refractivity contribution < 1.29 is 13.2 Å². The smallest absolute Gasteiger partial charge is 0.365 e. The number of hydrogen-bond acceptors (Lipinski definition) is 5. The molecule has 2 aliphatic rings. The molecule has 6 nitrogen and oxygen atoms in total. The Labute approximate surface area is 143 Å². The highest BCUT2D eigenvalue weighted by molar-refractivity contribution is 5.83. The molecule has 1 saturated carbocycles. The number of fused-ring (bicyclic) bond motifs is 1. The van der Waals surface area contributed by atoms with Gasteiger partial charge < -0.3 is 14.8 Å². The fourth-order valence-electron chi connectivity index (χ4n) is 3.19. The summed E-state index contributed by atoms with van der Waals surface area (Å²) in [4.78, 5) is 14.1. The second-order valence-electron chi connectivity index (χ2n) is 6.82. The van der Waals surface area contributed by atoms with Gasteiger partial charge in [-0.25, -0.2) is 15.0 Å². The number of hydrogen-bond donors (Lipinski definition) is 1. The largest absolute Gasteiger partial charge is 0.451 e. The summed E-state index contributed by atoms with van der Waals surface area (Å²) < 4.78 is 41.2. The van der Waals surface area contributed by atoms with Crippen LogP contribution in [0, 0.1) is 0 Å². The first-order valence-corrected chi connectivity index (χ1v) is 8.80. The zero-order chi connectivity index (χ0) is 17.4. The number of rotatable bonds is 5. The molecule has 2 fully saturated rings. The van der Waals surface area contributed by atoms with Crippen LogP contribution in [0.5, 0.6) is 0 Å². The summed E-state index contributed by atoms with van der Waals surface area (Å²) in [5, 5.41) is 3.05. The second kappa shape index (κ2) is 6.44. The van der Waals surface area contributed by atoms with E-state index in [0.29, 0.717) is 12.1 Å². The Balaban J connectivity index is 1.62. The number of nitrogens with one attached hydrogen (secondary N) is 1. The van der Waals surface area contributed by atoms with Gasteiger partial charge in [0, 0.05) is 19.1 Å². The molecule has 136 valence electrons. The lowest BCUT2D eigenvalue weighted by molar-refractivity contribution is -0.144. The first-order valence-electron chi connectivity index (χ1n) is 8.80. The maximum absolute atomic E-state index is 13.2. The molecule has 3 heterocycles. The average molecular weight is 354 g/mol. The number of nitrogens with zero attached hydrogens (tertiary/aromatic N) is 5. The molecule has 0 radical (unpaired) electrons. The number of anilines is 1. The summed E-state index contributed by atoms with van der Waals surface area (Å²) in [6.07, 6.45) is 2.51. The van der Waals surface area contributed by atoms with Crippen molar-refractivity contribution in [2.75, 3.05) is 25.0 Å². The first kappa shape index (κ1) is 16.6. The zero-order valence-electron chi connectivity index (χ0n) is 13.9. The van der Waals surface area contributed by atoms with Crippen LogP contribution in [-0.4, -0.2) is 50.1 Å². The quantitative estimate of drug-likeness (QED) is 0.895. The summed E-state index contributed by atoms with van der Waals surface area (Å²) in [7, 11) is 0. The van der Waals surface area contributed by atoms with E-state index in [1.807, 2.05) is 0 Å². The van der Waals surface area contributed by atoms with E-state index >= 15 is 0 Å². The van der Waals surface area contributed by atoms with Crippen molar-refractivity contribution in [3.63, 3.8) is 0 Å². The van der Waals surface area contributed by atoms with E-state index in [0.717, 1.165) is 32.5 Å². The van der Waals surface area contributed by atoms with Gasteiger partial charge in [0.05, 0.1) is 6.33 Å². The van der Waals surface area contributed by atoms with E-state index in [9.17, 15) is 13.2 Å². The molecule has 1 aliphatic heterocycles. The molecule has 2 aromatic rings. The molecule has 1 saturated heterocycles. The van der Waals surface area contributed by atoms with Crippen LogP contribution in [0.3, 0.4) is 0 Å². The number of piperidine rings is 1. The van der Waals surface area contributed by atoms with Crippen molar-refractivity contribution >= 4 is 17.0 Å². The molecule has 0 unspecified atom stereocenters. The van der Waals surface area contributed by atoms with Crippen molar-refractivity contribution in [2.45, 2.75) is 50.9 Å². The van der Waals surface area contributed by atoms with Gasteiger partial charge in [-0.1, -0.05) is 6.42 Å². The van der Waals surface area contributed by atoms with Gasteiger partial charge in [-0.15, -0.1) is 0 Å². The highest BCUT2D eigenvalue weighted by Crippen LogP contribution is 2.32. The van der Waals surface area contributed by atoms with Gasteiger partial charge in [0.25, 0.3) is 0 Å². The Kier molecular flexibility index (Phi) is 4.26. The van der Waals surface area contributed by atoms with Gasteiger partial charge in [0.15, 0.2) is 11.5 Å². The summed E-state index contributed by atoms with van der Waals surface area (Å²) in [6.45, 7) is 3.46. The Bertz CT molecular complexity index is 746. The van der Waals surface area contributed by atoms with Crippen molar-refractivity contribution in [3.8, 4) is 0 Å². The molecule has 4 rings (SSSR count). The van der Waals surface area contributed by atoms with Gasteiger partial charge in [-0.3, -0.25) is 0 Å². The monoisotopic (exact) mass is 354 g/mol. The molecule has 0 aromatic carbocycles. The van der Waals surface area contributed by atoms with Crippen molar-refractivity contribution in [2.24, 2.45) is 0 Å². The van der Waals surface area contributed by atoms with E-state index in [1.54, 1.807) is 10.9 Å². The minimum absolute atomic E-state index is 0.191. The Morgan fingerprint density at radius 3 is 2.52 bits per heavy atom. The molecule has 0 amide bonds. The van der Waals surface area contributed by atoms with Crippen LogP contribution in [0.1, 0.15) is 37.9 Å². The van der Waals surface area contributed by atoms with Crippen molar-refractivity contribution in [1.82, 2.24) is 24.4 Å². The second-order valence-corrected chi connectivity index (χ2v) is 6.82. The Hall–Kier alpha value is -1.90. The lowest BCUT2D eigenvalue weighted by atomic mass is 10.1. The average Bonchev–Trinajstić information content (AvgIpc) is 3.30. The van der Waals surface area contributed by atoms with Crippen LogP contribution in [-0.2, 0) is 12.7 Å². The van der Waals surface area contributed by atoms with E-state index in [-0.39, 0.29) is 17.5 Å². The van der Waals surface area contributed by atoms with Crippen LogP contribution in [0.25, 0.3) is 11.2 Å². The maximum Gasteiger partial charge on any atom is 0.451 e. The van der Waals surface area contributed by atoms with E-state index in [1.165, 1.54) is 19.3 Å². The third kappa shape index (κ3) is 3.70. The summed E-state index contributed by atoms with van der Waals surface area (Å²) in [5.41, 5.74) is 0.668. The third-order valence-electron chi connectivity index (χ3n) is 4.74.